The van der Waals surface area contributed by atoms with E-state index in [2.05, 4.69) is 0 Å². The number of carboxylic acid groups (broad SMARTS) is 1. The summed E-state index contributed by atoms with van der Waals surface area (Å²) in [6.07, 6.45) is 3.73. The molecule has 0 aliphatic rings. The third-order valence-electron chi connectivity index (χ3n) is 1.90. The van der Waals surface area contributed by atoms with Gasteiger partial charge in [-0.25, -0.2) is 9.59 Å². The second-order valence-corrected chi connectivity index (χ2v) is 3.30. The first-order chi connectivity index (χ1) is 7.60. The van der Waals surface area contributed by atoms with Crippen LogP contribution in [-0.2, 0) is 19.1 Å². The number of hydrogen-bond donors (Lipinski definition) is 1. The van der Waals surface area contributed by atoms with Crippen LogP contribution in [0, 0.1) is 0 Å². The molecule has 0 spiro atoms. The number of carbonyl (C=O) groups is 2. The number of hydrogen-bond acceptors (Lipinski definition) is 4. The van der Waals surface area contributed by atoms with Crippen molar-refractivity contribution < 1.29 is 24.2 Å². The molecule has 0 saturated carbocycles. The zero-order valence-corrected chi connectivity index (χ0v) is 9.64. The van der Waals surface area contributed by atoms with Gasteiger partial charge in [-0.05, 0) is 6.42 Å². The Balaban J connectivity index is 4.06. The number of ether oxygens (including phenoxy) is 2. The fourth-order valence-electron chi connectivity index (χ4n) is 1.18. The molecule has 1 N–H and O–H groups in total. The van der Waals surface area contributed by atoms with E-state index in [0.29, 0.717) is 13.0 Å². The molecule has 5 nitrogen and oxygen atoms in total. The summed E-state index contributed by atoms with van der Waals surface area (Å²) in [7, 11) is 1.58. The molecule has 0 fully saturated rings. The Labute approximate surface area is 95.0 Å². The summed E-state index contributed by atoms with van der Waals surface area (Å²) >= 11 is 0. The van der Waals surface area contributed by atoms with Crippen molar-refractivity contribution in [3.63, 3.8) is 0 Å². The summed E-state index contributed by atoms with van der Waals surface area (Å²) in [6, 6.07) is 0. The quantitative estimate of drug-likeness (QED) is 0.503. The van der Waals surface area contributed by atoms with E-state index in [4.69, 9.17) is 14.6 Å². The van der Waals surface area contributed by atoms with Crippen LogP contribution in [0.25, 0.3) is 0 Å². The van der Waals surface area contributed by atoms with Crippen LogP contribution in [0.1, 0.15) is 26.2 Å². The first kappa shape index (κ1) is 14.6. The summed E-state index contributed by atoms with van der Waals surface area (Å²) in [4.78, 5) is 21.4. The van der Waals surface area contributed by atoms with Crippen LogP contribution < -0.4 is 0 Å². The van der Waals surface area contributed by atoms with Crippen LogP contribution in [0.2, 0.25) is 0 Å². The maximum atomic E-state index is 11.2. The summed E-state index contributed by atoms with van der Waals surface area (Å²) < 4.78 is 9.97. The number of methoxy groups -OCH3 is 1. The molecule has 0 aromatic rings. The fraction of sp³-hybridized carbons (Fsp3) is 0.636. The third kappa shape index (κ3) is 7.99. The lowest BCUT2D eigenvalue weighted by atomic mass is 10.1. The van der Waals surface area contributed by atoms with E-state index in [-0.39, 0.29) is 6.10 Å². The van der Waals surface area contributed by atoms with E-state index in [1.165, 1.54) is 0 Å². The van der Waals surface area contributed by atoms with Crippen molar-refractivity contribution in [2.75, 3.05) is 13.7 Å². The normalized spacial score (nSPS) is 12.6. The van der Waals surface area contributed by atoms with Crippen LogP contribution in [0.3, 0.4) is 0 Å². The van der Waals surface area contributed by atoms with Crippen molar-refractivity contribution >= 4 is 11.9 Å². The molecular formula is C11H18O5. The number of carbonyl (C=O) groups excluding carboxylic acids is 1. The minimum atomic E-state index is -1.17. The van der Waals surface area contributed by atoms with Crippen LogP contribution in [0.5, 0.6) is 0 Å². The molecule has 0 saturated heterocycles. The molecular weight excluding hydrogens is 212 g/mol. The minimum absolute atomic E-state index is 0.212. The molecule has 0 aromatic carbocycles. The number of carboxylic acids is 1. The highest BCUT2D eigenvalue weighted by atomic mass is 16.5. The van der Waals surface area contributed by atoms with Crippen molar-refractivity contribution in [2.45, 2.75) is 32.3 Å². The molecule has 1 unspecified atom stereocenters. The lowest BCUT2D eigenvalue weighted by Gasteiger charge is -2.15. The molecule has 0 amide bonds. The smallest absolute Gasteiger partial charge is 0.331 e. The van der Waals surface area contributed by atoms with Crippen LogP contribution in [0.4, 0.5) is 0 Å². The van der Waals surface area contributed by atoms with Gasteiger partial charge in [0, 0.05) is 32.3 Å². The lowest BCUT2D eigenvalue weighted by molar-refractivity contribution is -0.144. The van der Waals surface area contributed by atoms with Crippen LogP contribution in [0.15, 0.2) is 12.2 Å². The highest BCUT2D eigenvalue weighted by molar-refractivity contribution is 5.90. The first-order valence-electron chi connectivity index (χ1n) is 5.20. The Bertz CT molecular complexity index is 247. The largest absolute Gasteiger partial charge is 0.478 e. The van der Waals surface area contributed by atoms with E-state index in [1.807, 2.05) is 6.92 Å². The van der Waals surface area contributed by atoms with Gasteiger partial charge in [0.05, 0.1) is 0 Å². The van der Waals surface area contributed by atoms with Gasteiger partial charge in [0.2, 0.25) is 0 Å². The Kier molecular flexibility index (Phi) is 8.15. The van der Waals surface area contributed by atoms with Gasteiger partial charge in [-0.1, -0.05) is 13.3 Å². The van der Waals surface area contributed by atoms with Gasteiger partial charge in [0.25, 0.3) is 0 Å². The Morgan fingerprint density at radius 3 is 2.50 bits per heavy atom. The van der Waals surface area contributed by atoms with E-state index in [1.54, 1.807) is 7.11 Å². The maximum absolute atomic E-state index is 11.2. The van der Waals surface area contributed by atoms with E-state index in [9.17, 15) is 9.59 Å². The SMILES string of the molecule is CCCC(CCOC)OC(=O)/C=C/C(=O)O. The highest BCUT2D eigenvalue weighted by Gasteiger charge is 2.11. The zero-order chi connectivity index (χ0) is 12.4. The lowest BCUT2D eigenvalue weighted by Crippen LogP contribution is -2.18. The van der Waals surface area contributed by atoms with E-state index in [0.717, 1.165) is 25.0 Å². The van der Waals surface area contributed by atoms with Gasteiger partial charge >= 0.3 is 11.9 Å². The predicted octanol–water partition coefficient (Wildman–Crippen LogP) is 1.38. The second-order valence-electron chi connectivity index (χ2n) is 3.30. The van der Waals surface area contributed by atoms with Crippen LogP contribution >= 0.6 is 0 Å². The third-order valence-corrected chi connectivity index (χ3v) is 1.90. The summed E-state index contributed by atoms with van der Waals surface area (Å²) in [5.41, 5.74) is 0. The molecule has 0 aliphatic carbocycles. The number of rotatable bonds is 8. The Hall–Kier alpha value is -1.36. The summed E-state index contributed by atoms with van der Waals surface area (Å²) in [6.45, 7) is 2.50. The van der Waals surface area contributed by atoms with Gasteiger partial charge in [-0.15, -0.1) is 0 Å². The minimum Gasteiger partial charge on any atom is -0.478 e. The van der Waals surface area contributed by atoms with Gasteiger partial charge in [0.15, 0.2) is 0 Å². The molecule has 0 rings (SSSR count). The molecule has 5 heteroatoms. The number of esters is 1. The van der Waals surface area contributed by atoms with Crippen molar-refractivity contribution in [1.29, 1.82) is 0 Å². The van der Waals surface area contributed by atoms with E-state index < -0.39 is 11.9 Å². The molecule has 1 atom stereocenters. The van der Waals surface area contributed by atoms with Crippen molar-refractivity contribution in [2.24, 2.45) is 0 Å². The average Bonchev–Trinajstić information content (AvgIpc) is 2.23. The predicted molar refractivity (Wildman–Crippen MR) is 58.1 cm³/mol. The van der Waals surface area contributed by atoms with Gasteiger partial charge in [0.1, 0.15) is 6.10 Å². The topological polar surface area (TPSA) is 72.8 Å². The van der Waals surface area contributed by atoms with Gasteiger partial charge < -0.3 is 14.6 Å². The fourth-order valence-corrected chi connectivity index (χ4v) is 1.18. The summed E-state index contributed by atoms with van der Waals surface area (Å²) in [5, 5.41) is 8.33. The average molecular weight is 230 g/mol. The monoisotopic (exact) mass is 230 g/mol. The molecule has 92 valence electrons. The second kappa shape index (κ2) is 8.91. The zero-order valence-electron chi connectivity index (χ0n) is 9.64. The van der Waals surface area contributed by atoms with Crippen molar-refractivity contribution in [3.05, 3.63) is 12.2 Å². The van der Waals surface area contributed by atoms with Gasteiger partial charge in [-0.2, -0.15) is 0 Å². The molecule has 0 heterocycles. The van der Waals surface area contributed by atoms with E-state index >= 15 is 0 Å². The molecule has 0 bridgehead atoms. The number of aliphatic carboxylic acids is 1. The standard InChI is InChI=1S/C11H18O5/c1-3-4-9(7-8-15-2)16-11(14)6-5-10(12)13/h5-6,9H,3-4,7-8H2,1-2H3,(H,12,13)/b6-5+. The maximum Gasteiger partial charge on any atom is 0.331 e. The molecule has 0 aromatic heterocycles. The summed E-state index contributed by atoms with van der Waals surface area (Å²) in [5.74, 6) is -1.79. The molecule has 0 aliphatic heterocycles. The molecule has 0 radical (unpaired) electrons. The van der Waals surface area contributed by atoms with Crippen molar-refractivity contribution in [1.82, 2.24) is 0 Å². The first-order valence-corrected chi connectivity index (χ1v) is 5.20. The van der Waals surface area contributed by atoms with Crippen molar-refractivity contribution in [3.8, 4) is 0 Å². The van der Waals surface area contributed by atoms with Crippen LogP contribution in [-0.4, -0.2) is 36.9 Å². The highest BCUT2D eigenvalue weighted by Crippen LogP contribution is 2.07. The molecule has 16 heavy (non-hydrogen) atoms. The van der Waals surface area contributed by atoms with Gasteiger partial charge in [-0.3, -0.25) is 0 Å². The Morgan fingerprint density at radius 2 is 2.00 bits per heavy atom. The Morgan fingerprint density at radius 1 is 1.31 bits per heavy atom.